The van der Waals surface area contributed by atoms with Gasteiger partial charge in [-0.15, -0.1) is 0 Å². The Balaban J connectivity index is 1.40. The molecule has 0 aliphatic carbocycles. The molecule has 3 aromatic rings. The highest BCUT2D eigenvalue weighted by atomic mass is 127. The van der Waals surface area contributed by atoms with Crippen molar-refractivity contribution >= 4 is 34.2 Å². The molecule has 0 N–H and O–H groups in total. The maximum Gasteiger partial charge on any atom is 0.194 e. The molecule has 8 nitrogen and oxygen atoms in total. The highest BCUT2D eigenvalue weighted by molar-refractivity contribution is 14.1. The summed E-state index contributed by atoms with van der Waals surface area (Å²) in [6.07, 6.45) is 3.39. The smallest absolute Gasteiger partial charge is 0.194 e. The van der Waals surface area contributed by atoms with Crippen LogP contribution in [0, 0.1) is 15.2 Å². The number of nitrogens with zero attached hydrogens (tertiary/aromatic N) is 8. The Labute approximate surface area is 214 Å². The lowest BCUT2D eigenvalue weighted by atomic mass is 9.92. The van der Waals surface area contributed by atoms with Crippen LogP contribution in [-0.2, 0) is 19.5 Å². The van der Waals surface area contributed by atoms with Crippen molar-refractivity contribution in [2.75, 3.05) is 43.0 Å². The molecule has 1 atom stereocenters. The van der Waals surface area contributed by atoms with Crippen LogP contribution in [0.3, 0.4) is 0 Å². The monoisotopic (exact) mass is 568 g/mol. The summed E-state index contributed by atoms with van der Waals surface area (Å²) >= 11 is 2.24. The number of hydrogen-bond donors (Lipinski definition) is 0. The molecule has 1 fully saturated rings. The van der Waals surface area contributed by atoms with Crippen LogP contribution in [0.25, 0.3) is 11.3 Å². The lowest BCUT2D eigenvalue weighted by molar-refractivity contribution is 0.312. The lowest BCUT2D eigenvalue weighted by Crippen LogP contribution is -2.45. The molecule has 9 heteroatoms. The Kier molecular flexibility index (Phi) is 6.70. The predicted molar refractivity (Wildman–Crippen MR) is 142 cm³/mol. The highest BCUT2D eigenvalue weighted by Gasteiger charge is 2.26. The van der Waals surface area contributed by atoms with Crippen LogP contribution in [0.5, 0.6) is 0 Å². The van der Waals surface area contributed by atoms with E-state index < -0.39 is 0 Å². The lowest BCUT2D eigenvalue weighted by Gasteiger charge is -2.37. The number of aromatic nitrogens is 4. The fraction of sp³-hybridized carbons (Fsp3) is 0.440. The first kappa shape index (κ1) is 23.1. The zero-order valence-electron chi connectivity index (χ0n) is 19.7. The molecule has 2 aliphatic heterocycles. The maximum atomic E-state index is 8.83. The van der Waals surface area contributed by atoms with Gasteiger partial charge in [-0.2, -0.15) is 10.4 Å². The van der Waals surface area contributed by atoms with Crippen LogP contribution in [0.15, 0.2) is 36.5 Å². The van der Waals surface area contributed by atoms with E-state index in [2.05, 4.69) is 86.7 Å². The van der Waals surface area contributed by atoms with E-state index >= 15 is 0 Å². The Morgan fingerprint density at radius 1 is 1.06 bits per heavy atom. The number of aryl methyl sites for hydroxylation is 1. The molecule has 0 bridgehead atoms. The minimum Gasteiger partial charge on any atom is -0.354 e. The molecule has 5 rings (SSSR count). The molecular weight excluding hydrogens is 539 g/mol. The fourth-order valence-electron chi connectivity index (χ4n) is 4.75. The van der Waals surface area contributed by atoms with Gasteiger partial charge in [-0.25, -0.2) is 9.97 Å². The third-order valence-corrected chi connectivity index (χ3v) is 7.26. The molecule has 34 heavy (non-hydrogen) atoms. The molecule has 176 valence electrons. The molecule has 0 radical (unpaired) electrons. The van der Waals surface area contributed by atoms with E-state index in [1.54, 1.807) is 0 Å². The molecule has 1 saturated heterocycles. The molecule has 2 aromatic heterocycles. The second-order valence-corrected chi connectivity index (χ2v) is 10.1. The van der Waals surface area contributed by atoms with Gasteiger partial charge in [-0.1, -0.05) is 12.1 Å². The summed E-state index contributed by atoms with van der Waals surface area (Å²) in [6, 6.07) is 13.4. The number of piperazine rings is 1. The van der Waals surface area contributed by atoms with E-state index in [1.165, 1.54) is 11.1 Å². The number of hydrogen-bond acceptors (Lipinski definition) is 7. The topological polar surface area (TPSA) is 77.1 Å². The van der Waals surface area contributed by atoms with E-state index in [4.69, 9.17) is 15.2 Å². The number of nitriles is 1. The van der Waals surface area contributed by atoms with Crippen molar-refractivity contribution < 1.29 is 0 Å². The van der Waals surface area contributed by atoms with Crippen molar-refractivity contribution in [3.8, 4) is 17.3 Å². The van der Waals surface area contributed by atoms with E-state index in [0.717, 1.165) is 65.9 Å². The minimum absolute atomic E-state index is 0.356. The van der Waals surface area contributed by atoms with Crippen molar-refractivity contribution in [1.29, 1.82) is 5.26 Å². The van der Waals surface area contributed by atoms with Crippen molar-refractivity contribution in [2.45, 2.75) is 38.9 Å². The first-order chi connectivity index (χ1) is 16.5. The average molecular weight is 568 g/mol. The van der Waals surface area contributed by atoms with Gasteiger partial charge in [0.2, 0.25) is 0 Å². The Morgan fingerprint density at radius 3 is 2.65 bits per heavy atom. The van der Waals surface area contributed by atoms with E-state index in [9.17, 15) is 0 Å². The largest absolute Gasteiger partial charge is 0.354 e. The molecule has 4 heterocycles. The van der Waals surface area contributed by atoms with Crippen LogP contribution in [-0.4, -0.2) is 63.9 Å². The number of rotatable bonds is 5. The first-order valence-electron chi connectivity index (χ1n) is 11.8. The average Bonchev–Trinajstić information content (AvgIpc) is 3.31. The Bertz CT molecular complexity index is 1210. The summed E-state index contributed by atoms with van der Waals surface area (Å²) in [5.74, 6) is 2.02. The van der Waals surface area contributed by atoms with Crippen LogP contribution in [0.4, 0.5) is 11.6 Å². The second-order valence-electron chi connectivity index (χ2n) is 9.18. The predicted octanol–water partition coefficient (Wildman–Crippen LogP) is 3.56. The normalized spacial score (nSPS) is 18.6. The first-order valence-corrected chi connectivity index (χ1v) is 12.9. The second kappa shape index (κ2) is 9.88. The van der Waals surface area contributed by atoms with Gasteiger partial charge >= 0.3 is 0 Å². The summed E-state index contributed by atoms with van der Waals surface area (Å²) < 4.78 is 2.63. The summed E-state index contributed by atoms with van der Waals surface area (Å²) in [4.78, 5) is 16.7. The number of benzene rings is 1. The van der Waals surface area contributed by atoms with Crippen LogP contribution in [0.2, 0.25) is 0 Å². The van der Waals surface area contributed by atoms with Gasteiger partial charge in [0.05, 0.1) is 24.7 Å². The molecule has 1 unspecified atom stereocenters. The summed E-state index contributed by atoms with van der Waals surface area (Å²) in [5, 5.41) is 13.5. The SMILES string of the molecule is CC1Cc2ccc(-c3ccn(CCC#N)n3)cc2CN1c1cc(N2CCN(C)CC2)nc(I)n1. The summed E-state index contributed by atoms with van der Waals surface area (Å²) in [6.45, 7) is 7.80. The molecule has 0 saturated carbocycles. The van der Waals surface area contributed by atoms with E-state index in [1.807, 2.05) is 16.9 Å². The van der Waals surface area contributed by atoms with Crippen molar-refractivity contribution in [2.24, 2.45) is 0 Å². The van der Waals surface area contributed by atoms with Gasteiger partial charge in [0.25, 0.3) is 0 Å². The molecule has 0 spiro atoms. The van der Waals surface area contributed by atoms with Crippen LogP contribution < -0.4 is 9.80 Å². The van der Waals surface area contributed by atoms with Gasteiger partial charge in [-0.05, 0) is 43.7 Å². The molecular formula is C25H29IN8. The number of halogens is 1. The fourth-order valence-corrected chi connectivity index (χ4v) is 5.24. The molecule has 1 aromatic carbocycles. The minimum atomic E-state index is 0.356. The van der Waals surface area contributed by atoms with E-state index in [0.29, 0.717) is 19.0 Å². The molecule has 0 amide bonds. The van der Waals surface area contributed by atoms with Crippen LogP contribution >= 0.6 is 22.6 Å². The number of fused-ring (bicyclic) bond motifs is 1. The highest BCUT2D eigenvalue weighted by Crippen LogP contribution is 2.32. The van der Waals surface area contributed by atoms with Gasteiger partial charge in [0, 0.05) is 79.2 Å². The summed E-state index contributed by atoms with van der Waals surface area (Å²) in [7, 11) is 2.17. The zero-order chi connectivity index (χ0) is 23.7. The third-order valence-electron chi connectivity index (χ3n) is 6.78. The summed E-state index contributed by atoms with van der Waals surface area (Å²) in [5.41, 5.74) is 4.76. The quantitative estimate of drug-likeness (QED) is 0.344. The van der Waals surface area contributed by atoms with Gasteiger partial charge in [0.15, 0.2) is 3.83 Å². The van der Waals surface area contributed by atoms with Gasteiger partial charge in [0.1, 0.15) is 11.6 Å². The zero-order valence-corrected chi connectivity index (χ0v) is 21.8. The van der Waals surface area contributed by atoms with Crippen molar-refractivity contribution in [1.82, 2.24) is 24.6 Å². The Hall–Kier alpha value is -2.71. The number of likely N-dealkylation sites (N-methyl/N-ethyl adjacent to an activating group) is 1. The molecule has 2 aliphatic rings. The standard InChI is InChI=1S/C25H29IN8/c1-18-14-19-4-5-20(22-6-9-33(30-22)8-3-7-27)15-21(19)17-34(18)24-16-23(28-25(26)29-24)32-12-10-31(2)11-13-32/h4-6,9,15-16,18H,3,8,10-14,17H2,1-2H3. The maximum absolute atomic E-state index is 8.83. The van der Waals surface area contributed by atoms with Crippen molar-refractivity contribution in [3.63, 3.8) is 0 Å². The van der Waals surface area contributed by atoms with Gasteiger partial charge in [-0.3, -0.25) is 4.68 Å². The number of anilines is 2. The van der Waals surface area contributed by atoms with Crippen molar-refractivity contribution in [3.05, 3.63) is 51.5 Å². The van der Waals surface area contributed by atoms with Gasteiger partial charge < -0.3 is 14.7 Å². The third kappa shape index (κ3) is 4.88. The van der Waals surface area contributed by atoms with E-state index in [-0.39, 0.29) is 0 Å². The van der Waals surface area contributed by atoms with Crippen LogP contribution in [0.1, 0.15) is 24.5 Å². The Morgan fingerprint density at radius 2 is 1.85 bits per heavy atom.